The first-order valence-electron chi connectivity index (χ1n) is 6.22. The van der Waals surface area contributed by atoms with Crippen molar-refractivity contribution in [3.05, 3.63) is 29.8 Å². The molecule has 1 aromatic carbocycles. The van der Waals surface area contributed by atoms with Crippen molar-refractivity contribution in [2.75, 3.05) is 0 Å². The average Bonchev–Trinajstić information content (AvgIpc) is 3.11. The number of carbonyl (C=O) groups is 1. The minimum Gasteiger partial charge on any atom is -0.459 e. The summed E-state index contributed by atoms with van der Waals surface area (Å²) in [5.41, 5.74) is 0.346. The van der Waals surface area contributed by atoms with Gasteiger partial charge in [-0.05, 0) is 51.0 Å². The van der Waals surface area contributed by atoms with E-state index in [1.165, 1.54) is 24.3 Å². The van der Waals surface area contributed by atoms with Gasteiger partial charge in [0.2, 0.25) is 10.0 Å². The number of carbonyl (C=O) groups excluding carboxylic acids is 1. The van der Waals surface area contributed by atoms with E-state index in [9.17, 15) is 13.2 Å². The Morgan fingerprint density at radius 2 is 1.84 bits per heavy atom. The predicted octanol–water partition coefficient (Wildman–Crippen LogP) is 1.69. The second-order valence-corrected chi connectivity index (χ2v) is 6.59. The van der Waals surface area contributed by atoms with Gasteiger partial charge in [-0.1, -0.05) is 0 Å². The van der Waals surface area contributed by atoms with Crippen LogP contribution in [0, 0.1) is 0 Å². The Morgan fingerprint density at radius 3 is 2.32 bits per heavy atom. The second-order valence-electron chi connectivity index (χ2n) is 4.87. The molecule has 5 nitrogen and oxygen atoms in total. The number of ether oxygens (including phenoxy) is 1. The summed E-state index contributed by atoms with van der Waals surface area (Å²) >= 11 is 0. The molecule has 1 fully saturated rings. The summed E-state index contributed by atoms with van der Waals surface area (Å²) in [4.78, 5) is 11.8. The molecular weight excluding hydrogens is 266 g/mol. The Bertz CT molecular complexity index is 559. The fraction of sp³-hybridized carbons (Fsp3) is 0.462. The molecule has 1 N–H and O–H groups in total. The fourth-order valence-corrected chi connectivity index (χ4v) is 2.85. The lowest BCUT2D eigenvalue weighted by Gasteiger charge is -2.09. The molecule has 6 heteroatoms. The third kappa shape index (κ3) is 3.78. The van der Waals surface area contributed by atoms with Gasteiger partial charge in [-0.25, -0.2) is 17.9 Å². The Morgan fingerprint density at radius 1 is 1.26 bits per heavy atom. The maximum Gasteiger partial charge on any atom is 0.338 e. The van der Waals surface area contributed by atoms with E-state index in [2.05, 4.69) is 4.72 Å². The van der Waals surface area contributed by atoms with Gasteiger partial charge >= 0.3 is 5.97 Å². The zero-order valence-electron chi connectivity index (χ0n) is 10.9. The number of rotatable bonds is 5. The molecule has 0 spiro atoms. The number of hydrogen-bond donors (Lipinski definition) is 1. The highest BCUT2D eigenvalue weighted by atomic mass is 32.2. The number of esters is 1. The van der Waals surface area contributed by atoms with Gasteiger partial charge in [-0.3, -0.25) is 0 Å². The average molecular weight is 283 g/mol. The SMILES string of the molecule is CC(C)OC(=O)c1ccc(S(=O)(=O)NC2CC2)cc1. The van der Waals surface area contributed by atoms with Crippen LogP contribution in [0.25, 0.3) is 0 Å². The monoisotopic (exact) mass is 283 g/mol. The lowest BCUT2D eigenvalue weighted by atomic mass is 10.2. The topological polar surface area (TPSA) is 72.5 Å². The van der Waals surface area contributed by atoms with Gasteiger partial charge in [0.1, 0.15) is 0 Å². The van der Waals surface area contributed by atoms with Crippen molar-refractivity contribution < 1.29 is 17.9 Å². The third-order valence-corrected chi connectivity index (χ3v) is 4.18. The first kappa shape index (κ1) is 14.0. The van der Waals surface area contributed by atoms with Gasteiger partial charge in [-0.2, -0.15) is 0 Å². The van der Waals surface area contributed by atoms with E-state index in [1.807, 2.05) is 0 Å². The molecular formula is C13H17NO4S. The van der Waals surface area contributed by atoms with Crippen molar-refractivity contribution in [3.63, 3.8) is 0 Å². The molecule has 0 aromatic heterocycles. The van der Waals surface area contributed by atoms with E-state index in [0.717, 1.165) is 12.8 Å². The molecule has 19 heavy (non-hydrogen) atoms. The predicted molar refractivity (Wildman–Crippen MR) is 70.3 cm³/mol. The number of hydrogen-bond acceptors (Lipinski definition) is 4. The summed E-state index contributed by atoms with van der Waals surface area (Å²) in [7, 11) is -3.46. The Labute approximate surface area is 113 Å². The maximum atomic E-state index is 11.9. The van der Waals surface area contributed by atoms with E-state index in [-0.39, 0.29) is 17.0 Å². The van der Waals surface area contributed by atoms with E-state index >= 15 is 0 Å². The van der Waals surface area contributed by atoms with Crippen LogP contribution in [0.2, 0.25) is 0 Å². The van der Waals surface area contributed by atoms with Crippen LogP contribution in [-0.4, -0.2) is 26.5 Å². The van der Waals surface area contributed by atoms with Crippen molar-refractivity contribution in [1.29, 1.82) is 0 Å². The van der Waals surface area contributed by atoms with Gasteiger partial charge < -0.3 is 4.74 Å². The van der Waals surface area contributed by atoms with Crippen LogP contribution in [0.1, 0.15) is 37.0 Å². The summed E-state index contributed by atoms with van der Waals surface area (Å²) in [6.07, 6.45) is 1.57. The largest absolute Gasteiger partial charge is 0.459 e. The second kappa shape index (κ2) is 5.30. The minimum absolute atomic E-state index is 0.0654. The summed E-state index contributed by atoms with van der Waals surface area (Å²) in [5.74, 6) is -0.450. The molecule has 1 aliphatic rings. The number of sulfonamides is 1. The van der Waals surface area contributed by atoms with Gasteiger partial charge in [0.05, 0.1) is 16.6 Å². The Balaban J connectivity index is 2.11. The molecule has 0 bridgehead atoms. The van der Waals surface area contributed by atoms with Gasteiger partial charge in [0, 0.05) is 6.04 Å². The quantitative estimate of drug-likeness (QED) is 0.835. The van der Waals surface area contributed by atoms with Crippen LogP contribution in [0.15, 0.2) is 29.2 Å². The van der Waals surface area contributed by atoms with Crippen LogP contribution in [-0.2, 0) is 14.8 Å². The molecule has 0 unspecified atom stereocenters. The van der Waals surface area contributed by atoms with Crippen molar-refractivity contribution >= 4 is 16.0 Å². The molecule has 0 saturated heterocycles. The number of benzene rings is 1. The first-order valence-corrected chi connectivity index (χ1v) is 7.70. The Kier molecular flexibility index (Phi) is 3.91. The molecule has 104 valence electrons. The standard InChI is InChI=1S/C13H17NO4S/c1-9(2)18-13(15)10-3-7-12(8-4-10)19(16,17)14-11-5-6-11/h3-4,7-9,11,14H,5-6H2,1-2H3. The molecule has 1 aliphatic carbocycles. The molecule has 0 atom stereocenters. The lowest BCUT2D eigenvalue weighted by Crippen LogP contribution is -2.25. The number of nitrogens with one attached hydrogen (secondary N) is 1. The van der Waals surface area contributed by atoms with Crippen molar-refractivity contribution in [1.82, 2.24) is 4.72 Å². The van der Waals surface area contributed by atoms with Crippen LogP contribution in [0.4, 0.5) is 0 Å². The van der Waals surface area contributed by atoms with Crippen molar-refractivity contribution in [3.8, 4) is 0 Å². The highest BCUT2D eigenvalue weighted by molar-refractivity contribution is 7.89. The van der Waals surface area contributed by atoms with E-state index in [1.54, 1.807) is 13.8 Å². The van der Waals surface area contributed by atoms with E-state index < -0.39 is 16.0 Å². The summed E-state index contributed by atoms with van der Waals surface area (Å²) in [6.45, 7) is 3.52. The van der Waals surface area contributed by atoms with Crippen molar-refractivity contribution in [2.45, 2.75) is 43.7 Å². The molecule has 0 aliphatic heterocycles. The van der Waals surface area contributed by atoms with E-state index in [4.69, 9.17) is 4.74 Å². The fourth-order valence-electron chi connectivity index (χ4n) is 1.54. The highest BCUT2D eigenvalue weighted by Gasteiger charge is 2.28. The van der Waals surface area contributed by atoms with E-state index in [0.29, 0.717) is 5.56 Å². The lowest BCUT2D eigenvalue weighted by molar-refractivity contribution is 0.0378. The summed E-state index contributed by atoms with van der Waals surface area (Å²) in [6, 6.07) is 5.83. The first-order chi connectivity index (χ1) is 8.88. The van der Waals surface area contributed by atoms with Gasteiger partial charge in [0.25, 0.3) is 0 Å². The molecule has 1 aromatic rings. The van der Waals surface area contributed by atoms with Gasteiger partial charge in [-0.15, -0.1) is 0 Å². The maximum absolute atomic E-state index is 11.9. The zero-order chi connectivity index (χ0) is 14.0. The van der Waals surface area contributed by atoms with Gasteiger partial charge in [0.15, 0.2) is 0 Å². The normalized spacial score (nSPS) is 15.5. The molecule has 0 radical (unpaired) electrons. The Hall–Kier alpha value is -1.40. The van der Waals surface area contributed by atoms with Crippen LogP contribution in [0.5, 0.6) is 0 Å². The van der Waals surface area contributed by atoms with Crippen LogP contribution in [0.3, 0.4) is 0 Å². The van der Waals surface area contributed by atoms with Crippen molar-refractivity contribution in [2.24, 2.45) is 0 Å². The van der Waals surface area contributed by atoms with Crippen LogP contribution >= 0.6 is 0 Å². The van der Waals surface area contributed by atoms with Crippen LogP contribution < -0.4 is 4.72 Å². The smallest absolute Gasteiger partial charge is 0.338 e. The minimum atomic E-state index is -3.46. The molecule has 2 rings (SSSR count). The highest BCUT2D eigenvalue weighted by Crippen LogP contribution is 2.22. The summed E-state index contributed by atoms with van der Waals surface area (Å²) in [5, 5.41) is 0. The molecule has 1 saturated carbocycles. The summed E-state index contributed by atoms with van der Waals surface area (Å²) < 4.78 is 31.4. The zero-order valence-corrected chi connectivity index (χ0v) is 11.7. The molecule has 0 heterocycles. The molecule has 0 amide bonds. The third-order valence-electron chi connectivity index (χ3n) is 2.64.